The Bertz CT molecular complexity index is 1290. The fourth-order valence-corrected chi connectivity index (χ4v) is 5.44. The third-order valence-electron chi connectivity index (χ3n) is 5.74. The number of likely N-dealkylation sites (tertiary alicyclic amines) is 1. The number of hydrogen-bond donors (Lipinski definition) is 1. The van der Waals surface area contributed by atoms with Gasteiger partial charge in [0, 0.05) is 19.2 Å². The van der Waals surface area contributed by atoms with E-state index in [2.05, 4.69) is 14.7 Å². The molecule has 3 heterocycles. The Morgan fingerprint density at radius 2 is 1.93 bits per heavy atom. The number of rotatable bonds is 3. The molecule has 0 bridgehead atoms. The SMILES string of the molecule is Cn1c(CNC(=O)[C@@H]2CCCN2C2=NS(=O)(=O)c3ccccc32)nc2ccccc21. The van der Waals surface area contributed by atoms with Gasteiger partial charge in [0.05, 0.1) is 17.6 Å². The molecule has 1 N–H and O–H groups in total. The molecule has 1 aromatic heterocycles. The van der Waals surface area contributed by atoms with Crippen LogP contribution in [0.3, 0.4) is 0 Å². The lowest BCUT2D eigenvalue weighted by atomic mass is 10.1. The number of imidazole rings is 1. The van der Waals surface area contributed by atoms with Gasteiger partial charge in [-0.2, -0.15) is 8.42 Å². The Morgan fingerprint density at radius 3 is 2.77 bits per heavy atom. The summed E-state index contributed by atoms with van der Waals surface area (Å²) in [4.78, 5) is 19.6. The van der Waals surface area contributed by atoms with E-state index in [9.17, 15) is 13.2 Å². The second-order valence-corrected chi connectivity index (χ2v) is 9.10. The molecule has 0 saturated carbocycles. The summed E-state index contributed by atoms with van der Waals surface area (Å²) in [6, 6.07) is 14.1. The number of sulfonamides is 1. The van der Waals surface area contributed by atoms with Crippen molar-refractivity contribution in [3.63, 3.8) is 0 Å². The maximum Gasteiger partial charge on any atom is 0.285 e. The van der Waals surface area contributed by atoms with Crippen molar-refractivity contribution in [3.8, 4) is 0 Å². The molecule has 2 aromatic carbocycles. The molecule has 0 unspecified atom stereocenters. The molecule has 1 saturated heterocycles. The topological polar surface area (TPSA) is 96.7 Å². The predicted octanol–water partition coefficient (Wildman–Crippen LogP) is 1.80. The Morgan fingerprint density at radius 1 is 1.17 bits per heavy atom. The second kappa shape index (κ2) is 6.94. The molecule has 30 heavy (non-hydrogen) atoms. The summed E-state index contributed by atoms with van der Waals surface area (Å²) in [5.41, 5.74) is 2.45. The summed E-state index contributed by atoms with van der Waals surface area (Å²) in [6.45, 7) is 0.892. The number of amidine groups is 1. The van der Waals surface area contributed by atoms with E-state index in [1.165, 1.54) is 0 Å². The molecule has 9 heteroatoms. The number of amides is 1. The van der Waals surface area contributed by atoms with E-state index in [-0.39, 0.29) is 10.8 Å². The molecular formula is C21H21N5O3S. The van der Waals surface area contributed by atoms with Crippen molar-refractivity contribution in [2.45, 2.75) is 30.3 Å². The van der Waals surface area contributed by atoms with Crippen LogP contribution in [0.15, 0.2) is 57.8 Å². The summed E-state index contributed by atoms with van der Waals surface area (Å²) in [5.74, 6) is 0.982. The number of carbonyl (C=O) groups is 1. The highest BCUT2D eigenvalue weighted by atomic mass is 32.2. The van der Waals surface area contributed by atoms with Gasteiger partial charge in [-0.15, -0.1) is 4.40 Å². The van der Waals surface area contributed by atoms with E-state index in [0.29, 0.717) is 30.9 Å². The summed E-state index contributed by atoms with van der Waals surface area (Å²) < 4.78 is 30.8. The lowest BCUT2D eigenvalue weighted by Crippen LogP contribution is -2.45. The first-order chi connectivity index (χ1) is 14.5. The quantitative estimate of drug-likeness (QED) is 0.693. The molecule has 0 radical (unpaired) electrons. The van der Waals surface area contributed by atoms with E-state index in [1.54, 1.807) is 24.3 Å². The van der Waals surface area contributed by atoms with Crippen molar-refractivity contribution in [2.75, 3.05) is 6.54 Å². The van der Waals surface area contributed by atoms with Crippen LogP contribution in [0.2, 0.25) is 0 Å². The van der Waals surface area contributed by atoms with Crippen LogP contribution in [0.1, 0.15) is 24.2 Å². The van der Waals surface area contributed by atoms with Crippen LogP contribution < -0.4 is 5.32 Å². The van der Waals surface area contributed by atoms with Crippen molar-refractivity contribution in [2.24, 2.45) is 11.4 Å². The smallest absolute Gasteiger partial charge is 0.285 e. The van der Waals surface area contributed by atoms with Gasteiger partial charge in [-0.3, -0.25) is 4.79 Å². The Hall–Kier alpha value is -3.20. The normalized spacial score (nSPS) is 19.7. The minimum Gasteiger partial charge on any atom is -0.347 e. The lowest BCUT2D eigenvalue weighted by molar-refractivity contribution is -0.124. The van der Waals surface area contributed by atoms with Crippen LogP contribution >= 0.6 is 0 Å². The average molecular weight is 423 g/mol. The fourth-order valence-electron chi connectivity index (χ4n) is 4.23. The molecule has 3 aromatic rings. The summed E-state index contributed by atoms with van der Waals surface area (Å²) in [6.07, 6.45) is 1.45. The van der Waals surface area contributed by atoms with Crippen LogP contribution in [0.4, 0.5) is 0 Å². The first-order valence-electron chi connectivity index (χ1n) is 9.85. The van der Waals surface area contributed by atoms with E-state index in [4.69, 9.17) is 0 Å². The number of hydrogen-bond acceptors (Lipinski definition) is 5. The highest BCUT2D eigenvalue weighted by Gasteiger charge is 2.39. The Balaban J connectivity index is 1.37. The van der Waals surface area contributed by atoms with E-state index >= 15 is 0 Å². The molecule has 1 fully saturated rings. The van der Waals surface area contributed by atoms with Gasteiger partial charge in [-0.05, 0) is 37.1 Å². The number of nitrogens with one attached hydrogen (secondary N) is 1. The molecular weight excluding hydrogens is 402 g/mol. The van der Waals surface area contributed by atoms with Gasteiger partial charge in [-0.25, -0.2) is 4.98 Å². The zero-order valence-corrected chi connectivity index (χ0v) is 17.3. The molecule has 154 valence electrons. The number of fused-ring (bicyclic) bond motifs is 2. The van der Waals surface area contributed by atoms with Gasteiger partial charge < -0.3 is 14.8 Å². The van der Waals surface area contributed by atoms with Crippen molar-refractivity contribution in [1.82, 2.24) is 19.8 Å². The van der Waals surface area contributed by atoms with Gasteiger partial charge in [0.25, 0.3) is 10.0 Å². The summed E-state index contributed by atoms with van der Waals surface area (Å²) in [7, 11) is -1.79. The van der Waals surface area contributed by atoms with Gasteiger partial charge in [0.15, 0.2) is 5.84 Å². The number of aromatic nitrogens is 2. The van der Waals surface area contributed by atoms with E-state index in [1.807, 2.05) is 40.8 Å². The Kier molecular flexibility index (Phi) is 4.35. The molecule has 0 spiro atoms. The monoisotopic (exact) mass is 423 g/mol. The van der Waals surface area contributed by atoms with Gasteiger partial charge in [0.2, 0.25) is 5.91 Å². The van der Waals surface area contributed by atoms with Gasteiger partial charge in [0.1, 0.15) is 16.8 Å². The largest absolute Gasteiger partial charge is 0.347 e. The molecule has 2 aliphatic rings. The first-order valence-corrected chi connectivity index (χ1v) is 11.3. The van der Waals surface area contributed by atoms with Gasteiger partial charge >= 0.3 is 0 Å². The maximum atomic E-state index is 13.0. The first kappa shape index (κ1) is 18.8. The third-order valence-corrected chi connectivity index (χ3v) is 7.07. The minimum absolute atomic E-state index is 0.149. The van der Waals surface area contributed by atoms with Crippen molar-refractivity contribution >= 4 is 32.8 Å². The van der Waals surface area contributed by atoms with Crippen molar-refractivity contribution in [1.29, 1.82) is 0 Å². The van der Waals surface area contributed by atoms with E-state index in [0.717, 1.165) is 23.3 Å². The number of carbonyl (C=O) groups excluding carboxylic acids is 1. The molecule has 2 aliphatic heterocycles. The molecule has 8 nitrogen and oxygen atoms in total. The van der Waals surface area contributed by atoms with Crippen LogP contribution in [0, 0.1) is 0 Å². The van der Waals surface area contributed by atoms with Gasteiger partial charge in [-0.1, -0.05) is 24.3 Å². The Labute approximate surface area is 174 Å². The average Bonchev–Trinajstić information content (AvgIpc) is 3.42. The molecule has 0 aliphatic carbocycles. The molecule has 1 atom stereocenters. The zero-order valence-electron chi connectivity index (χ0n) is 16.4. The van der Waals surface area contributed by atoms with Crippen LogP contribution in [0.5, 0.6) is 0 Å². The van der Waals surface area contributed by atoms with E-state index < -0.39 is 16.1 Å². The van der Waals surface area contributed by atoms with Crippen molar-refractivity contribution < 1.29 is 13.2 Å². The molecule has 5 rings (SSSR count). The number of nitrogens with zero attached hydrogens (tertiary/aromatic N) is 4. The summed E-state index contributed by atoms with van der Waals surface area (Å²) in [5, 5.41) is 2.97. The maximum absolute atomic E-state index is 13.0. The fraction of sp³-hybridized carbons (Fsp3) is 0.286. The minimum atomic E-state index is -3.72. The lowest BCUT2D eigenvalue weighted by Gasteiger charge is -2.25. The van der Waals surface area contributed by atoms with Crippen molar-refractivity contribution in [3.05, 3.63) is 59.9 Å². The van der Waals surface area contributed by atoms with Crippen LogP contribution in [-0.4, -0.2) is 47.2 Å². The zero-order chi connectivity index (χ0) is 20.9. The predicted molar refractivity (Wildman–Crippen MR) is 112 cm³/mol. The second-order valence-electron chi connectivity index (χ2n) is 7.53. The standard InChI is InChI=1S/C21H21N5O3S/c1-25-16-9-4-3-8-15(16)23-19(25)13-22-21(27)17-10-6-12-26(17)20-14-7-2-5-11-18(14)30(28,29)24-20/h2-5,7-9,11,17H,6,10,12-13H2,1H3,(H,22,27)/t17-/m0/s1. The van der Waals surface area contributed by atoms with Crippen LogP contribution in [-0.2, 0) is 28.4 Å². The number of aryl methyl sites for hydroxylation is 1. The highest BCUT2D eigenvalue weighted by molar-refractivity contribution is 7.90. The third kappa shape index (κ3) is 2.97. The highest BCUT2D eigenvalue weighted by Crippen LogP contribution is 2.31. The molecule has 1 amide bonds. The summed E-state index contributed by atoms with van der Waals surface area (Å²) >= 11 is 0. The number of benzene rings is 2. The number of para-hydroxylation sites is 2. The van der Waals surface area contributed by atoms with Crippen LogP contribution in [0.25, 0.3) is 11.0 Å².